The van der Waals surface area contributed by atoms with E-state index in [1.807, 2.05) is 19.1 Å². The minimum absolute atomic E-state index is 0.0539. The molecule has 3 aromatic carbocycles. The molecule has 0 aliphatic carbocycles. The van der Waals surface area contributed by atoms with Crippen LogP contribution in [0, 0.1) is 0 Å². The smallest absolute Gasteiger partial charge is 0.251 e. The highest BCUT2D eigenvalue weighted by Gasteiger charge is 2.26. The summed E-state index contributed by atoms with van der Waals surface area (Å²) < 4.78 is 34.1. The SMILES string of the molecule is CCOc1ccc(S(=O)(=O)N(Cc2ccc(C(=O)NC(CO)C(O)c3ccccc3)cc2)Cc2cccnc2)cc1. The van der Waals surface area contributed by atoms with Gasteiger partial charge < -0.3 is 20.3 Å². The minimum Gasteiger partial charge on any atom is -0.494 e. The molecule has 0 fully saturated rings. The number of aliphatic hydroxyl groups excluding tert-OH is 2. The van der Waals surface area contributed by atoms with Crippen LogP contribution in [0.5, 0.6) is 5.75 Å². The lowest BCUT2D eigenvalue weighted by Gasteiger charge is -2.23. The number of nitrogens with zero attached hydrogens (tertiary/aromatic N) is 2. The second kappa shape index (κ2) is 14.0. The van der Waals surface area contributed by atoms with E-state index in [1.54, 1.807) is 79.1 Å². The van der Waals surface area contributed by atoms with Crippen molar-refractivity contribution >= 4 is 15.9 Å². The van der Waals surface area contributed by atoms with E-state index >= 15 is 0 Å². The fraction of sp³-hybridized carbons (Fsp3) is 0.226. The Hall–Kier alpha value is -4.09. The number of aromatic nitrogens is 1. The van der Waals surface area contributed by atoms with Gasteiger partial charge in [-0.15, -0.1) is 0 Å². The second-order valence-electron chi connectivity index (χ2n) is 9.35. The van der Waals surface area contributed by atoms with Gasteiger partial charge in [0.2, 0.25) is 10.0 Å². The molecular formula is C31H33N3O6S. The fourth-order valence-corrected chi connectivity index (χ4v) is 5.68. The summed E-state index contributed by atoms with van der Waals surface area (Å²) in [6, 6.07) is 24.2. The highest BCUT2D eigenvalue weighted by atomic mass is 32.2. The zero-order chi connectivity index (χ0) is 29.2. The summed E-state index contributed by atoms with van der Waals surface area (Å²) >= 11 is 0. The lowest BCUT2D eigenvalue weighted by molar-refractivity contribution is 0.0703. The maximum absolute atomic E-state index is 13.7. The molecule has 0 bridgehead atoms. The Morgan fingerprint density at radius 2 is 1.61 bits per heavy atom. The first kappa shape index (κ1) is 29.9. The maximum Gasteiger partial charge on any atom is 0.251 e. The Bertz CT molecular complexity index is 1500. The standard InChI is InChI=1S/C31H33N3O6S/c1-2-40-27-14-16-28(17-15-27)41(38,39)34(21-24-7-6-18-32-19-24)20-23-10-12-26(13-11-23)31(37)33-29(22-35)30(36)25-8-4-3-5-9-25/h3-19,29-30,35-36H,2,20-22H2,1H3,(H,33,37). The van der Waals surface area contributed by atoms with Gasteiger partial charge in [-0.2, -0.15) is 4.31 Å². The third-order valence-corrected chi connectivity index (χ3v) is 8.27. The molecule has 0 aliphatic heterocycles. The normalized spacial score (nSPS) is 13.0. The molecule has 9 nitrogen and oxygen atoms in total. The third kappa shape index (κ3) is 7.77. The Morgan fingerprint density at radius 1 is 0.927 bits per heavy atom. The lowest BCUT2D eigenvalue weighted by atomic mass is 10.0. The molecule has 2 atom stereocenters. The van der Waals surface area contributed by atoms with Crippen molar-refractivity contribution in [2.24, 2.45) is 0 Å². The highest BCUT2D eigenvalue weighted by molar-refractivity contribution is 7.89. The number of sulfonamides is 1. The Balaban J connectivity index is 1.51. The lowest BCUT2D eigenvalue weighted by Crippen LogP contribution is -2.42. The fourth-order valence-electron chi connectivity index (χ4n) is 4.27. The number of nitrogens with one attached hydrogen (secondary N) is 1. The molecule has 0 radical (unpaired) electrons. The van der Waals surface area contributed by atoms with Crippen LogP contribution in [0.1, 0.15) is 40.1 Å². The van der Waals surface area contributed by atoms with E-state index in [4.69, 9.17) is 4.74 Å². The van der Waals surface area contributed by atoms with Crippen LogP contribution in [-0.4, -0.2) is 53.1 Å². The van der Waals surface area contributed by atoms with Gasteiger partial charge in [0.1, 0.15) is 11.9 Å². The summed E-state index contributed by atoms with van der Waals surface area (Å²) in [5.74, 6) is 0.110. The van der Waals surface area contributed by atoms with E-state index in [1.165, 1.54) is 16.4 Å². The maximum atomic E-state index is 13.7. The van der Waals surface area contributed by atoms with Gasteiger partial charge in [-0.05, 0) is 66.1 Å². The van der Waals surface area contributed by atoms with Crippen molar-refractivity contribution in [1.29, 1.82) is 0 Å². The first-order valence-corrected chi connectivity index (χ1v) is 14.6. The van der Waals surface area contributed by atoms with Gasteiger partial charge in [0.15, 0.2) is 0 Å². The van der Waals surface area contributed by atoms with Gasteiger partial charge in [0, 0.05) is 31.0 Å². The summed E-state index contributed by atoms with van der Waals surface area (Å²) in [5.41, 5.74) is 2.28. The Labute approximate surface area is 240 Å². The predicted octanol–water partition coefficient (Wildman–Crippen LogP) is 3.70. The molecule has 0 aliphatic rings. The van der Waals surface area contributed by atoms with E-state index in [0.717, 1.165) is 5.56 Å². The van der Waals surface area contributed by atoms with Crippen LogP contribution in [0.3, 0.4) is 0 Å². The molecule has 1 aromatic heterocycles. The average molecular weight is 576 g/mol. The molecule has 2 unspecified atom stereocenters. The van der Waals surface area contributed by atoms with Crippen LogP contribution in [0.15, 0.2) is 108 Å². The van der Waals surface area contributed by atoms with Crippen LogP contribution >= 0.6 is 0 Å². The van der Waals surface area contributed by atoms with Crippen LogP contribution in [0.2, 0.25) is 0 Å². The topological polar surface area (TPSA) is 129 Å². The van der Waals surface area contributed by atoms with Gasteiger partial charge in [-0.1, -0.05) is 48.5 Å². The molecule has 1 amide bonds. The molecule has 3 N–H and O–H groups in total. The van der Waals surface area contributed by atoms with Crippen molar-refractivity contribution in [2.75, 3.05) is 13.2 Å². The van der Waals surface area contributed by atoms with Gasteiger partial charge in [0.25, 0.3) is 5.91 Å². The first-order chi connectivity index (χ1) is 19.8. The summed E-state index contributed by atoms with van der Waals surface area (Å²) in [7, 11) is -3.90. The van der Waals surface area contributed by atoms with Crippen molar-refractivity contribution < 1.29 is 28.2 Å². The molecule has 4 rings (SSSR count). The van der Waals surface area contributed by atoms with Crippen LogP contribution < -0.4 is 10.1 Å². The van der Waals surface area contributed by atoms with Gasteiger partial charge in [-0.25, -0.2) is 8.42 Å². The predicted molar refractivity (Wildman–Crippen MR) is 154 cm³/mol. The number of ether oxygens (including phenoxy) is 1. The molecule has 0 saturated carbocycles. The Morgan fingerprint density at radius 3 is 2.22 bits per heavy atom. The van der Waals surface area contributed by atoms with Crippen LogP contribution in [0.25, 0.3) is 0 Å². The molecule has 10 heteroatoms. The monoisotopic (exact) mass is 575 g/mol. The first-order valence-electron chi connectivity index (χ1n) is 13.2. The third-order valence-electron chi connectivity index (χ3n) is 6.46. The van der Waals surface area contributed by atoms with E-state index in [2.05, 4.69) is 10.3 Å². The summed E-state index contributed by atoms with van der Waals surface area (Å²) in [4.78, 5) is 17.1. The van der Waals surface area contributed by atoms with E-state index in [9.17, 15) is 23.4 Å². The number of hydrogen-bond acceptors (Lipinski definition) is 7. The molecule has 0 spiro atoms. The van der Waals surface area contributed by atoms with Gasteiger partial charge in [0.05, 0.1) is 24.2 Å². The van der Waals surface area contributed by atoms with Crippen molar-refractivity contribution in [1.82, 2.24) is 14.6 Å². The number of carbonyl (C=O) groups is 1. The van der Waals surface area contributed by atoms with E-state index in [-0.39, 0.29) is 18.0 Å². The molecule has 0 saturated heterocycles. The molecule has 214 valence electrons. The second-order valence-corrected chi connectivity index (χ2v) is 11.3. The molecular weight excluding hydrogens is 542 g/mol. The van der Waals surface area contributed by atoms with Crippen molar-refractivity contribution in [3.05, 3.63) is 126 Å². The number of amides is 1. The summed E-state index contributed by atoms with van der Waals surface area (Å²) in [6.45, 7) is 2.03. The number of pyridine rings is 1. The summed E-state index contributed by atoms with van der Waals surface area (Å²) in [6.07, 6.45) is 2.16. The average Bonchev–Trinajstić information content (AvgIpc) is 3.01. The van der Waals surface area contributed by atoms with Gasteiger partial charge >= 0.3 is 0 Å². The number of aliphatic hydroxyl groups is 2. The molecule has 41 heavy (non-hydrogen) atoms. The van der Waals surface area contributed by atoms with Crippen LogP contribution in [-0.2, 0) is 23.1 Å². The number of rotatable bonds is 13. The largest absolute Gasteiger partial charge is 0.494 e. The van der Waals surface area contributed by atoms with E-state index < -0.39 is 34.7 Å². The van der Waals surface area contributed by atoms with Gasteiger partial charge in [-0.3, -0.25) is 9.78 Å². The zero-order valence-corrected chi connectivity index (χ0v) is 23.4. The van der Waals surface area contributed by atoms with Crippen molar-refractivity contribution in [3.63, 3.8) is 0 Å². The van der Waals surface area contributed by atoms with Crippen molar-refractivity contribution in [2.45, 2.75) is 37.1 Å². The van der Waals surface area contributed by atoms with E-state index in [0.29, 0.717) is 29.0 Å². The molecule has 1 heterocycles. The summed E-state index contributed by atoms with van der Waals surface area (Å²) in [5, 5.41) is 23.1. The molecule has 4 aromatic rings. The quantitative estimate of drug-likeness (QED) is 0.222. The van der Waals surface area contributed by atoms with Crippen molar-refractivity contribution in [3.8, 4) is 5.75 Å². The highest BCUT2D eigenvalue weighted by Crippen LogP contribution is 2.24. The van der Waals surface area contributed by atoms with Crippen LogP contribution in [0.4, 0.5) is 0 Å². The number of hydrogen-bond donors (Lipinski definition) is 3. The number of carbonyl (C=O) groups excluding carboxylic acids is 1. The number of benzene rings is 3. The Kier molecular flexibility index (Phi) is 10.2. The zero-order valence-electron chi connectivity index (χ0n) is 22.6. The minimum atomic E-state index is -3.90.